The third-order valence-electron chi connectivity index (χ3n) is 2.36. The van der Waals surface area contributed by atoms with E-state index in [0.717, 1.165) is 11.1 Å². The minimum atomic E-state index is -0.333. The van der Waals surface area contributed by atoms with E-state index in [1.54, 1.807) is 6.92 Å². The van der Waals surface area contributed by atoms with Crippen LogP contribution < -0.4 is 0 Å². The molecule has 0 atom stereocenters. The molecule has 1 aromatic carbocycles. The number of hydrogen-bond acceptors (Lipinski definition) is 2. The molecule has 1 rings (SSSR count). The Morgan fingerprint density at radius 2 is 2.12 bits per heavy atom. The van der Waals surface area contributed by atoms with Crippen molar-refractivity contribution in [2.24, 2.45) is 0 Å². The molecular formula is C14H16O2. The van der Waals surface area contributed by atoms with Crippen LogP contribution in [0.4, 0.5) is 0 Å². The van der Waals surface area contributed by atoms with Crippen molar-refractivity contribution >= 4 is 5.97 Å². The van der Waals surface area contributed by atoms with Crippen LogP contribution in [0.15, 0.2) is 42.1 Å². The second kappa shape index (κ2) is 5.94. The van der Waals surface area contributed by atoms with Gasteiger partial charge in [0.2, 0.25) is 0 Å². The number of carbonyl (C=O) groups excluding carboxylic acids is 1. The number of esters is 1. The van der Waals surface area contributed by atoms with Gasteiger partial charge >= 0.3 is 5.97 Å². The van der Waals surface area contributed by atoms with Gasteiger partial charge in [0, 0.05) is 6.42 Å². The van der Waals surface area contributed by atoms with E-state index in [-0.39, 0.29) is 5.97 Å². The predicted molar refractivity (Wildman–Crippen MR) is 64.2 cm³/mol. The predicted octanol–water partition coefficient (Wildman–Crippen LogP) is 2.81. The van der Waals surface area contributed by atoms with E-state index >= 15 is 0 Å². The number of benzene rings is 1. The monoisotopic (exact) mass is 216 g/mol. The molecule has 0 radical (unpaired) electrons. The highest BCUT2D eigenvalue weighted by Gasteiger charge is 2.11. The summed E-state index contributed by atoms with van der Waals surface area (Å²) in [7, 11) is 0. The summed E-state index contributed by atoms with van der Waals surface area (Å²) in [5.41, 5.74) is 5.39. The van der Waals surface area contributed by atoms with Crippen molar-refractivity contribution in [2.45, 2.75) is 20.3 Å². The van der Waals surface area contributed by atoms with Crippen LogP contribution >= 0.6 is 0 Å². The number of ether oxygens (including phenoxy) is 1. The highest BCUT2D eigenvalue weighted by atomic mass is 16.5. The van der Waals surface area contributed by atoms with Crippen molar-refractivity contribution in [3.05, 3.63) is 53.3 Å². The second-order valence-corrected chi connectivity index (χ2v) is 3.48. The van der Waals surface area contributed by atoms with Crippen LogP contribution in [0.25, 0.3) is 0 Å². The first-order valence-corrected chi connectivity index (χ1v) is 5.29. The van der Waals surface area contributed by atoms with Crippen LogP contribution in [0, 0.1) is 6.92 Å². The molecule has 0 aliphatic rings. The Bertz CT molecular complexity index is 426. The van der Waals surface area contributed by atoms with Crippen molar-refractivity contribution in [2.75, 3.05) is 6.61 Å². The van der Waals surface area contributed by atoms with E-state index in [9.17, 15) is 4.79 Å². The number of carbonyl (C=O) groups is 1. The summed E-state index contributed by atoms with van der Waals surface area (Å²) in [6.45, 7) is 7.70. The van der Waals surface area contributed by atoms with Gasteiger partial charge in [0.15, 0.2) is 0 Å². The zero-order valence-electron chi connectivity index (χ0n) is 9.75. The lowest BCUT2D eigenvalue weighted by Gasteiger charge is -2.07. The van der Waals surface area contributed by atoms with E-state index in [1.165, 1.54) is 0 Å². The molecule has 0 bridgehead atoms. The van der Waals surface area contributed by atoms with Gasteiger partial charge in [0.25, 0.3) is 0 Å². The maximum Gasteiger partial charge on any atom is 0.342 e. The van der Waals surface area contributed by atoms with Crippen LogP contribution in [0.3, 0.4) is 0 Å². The maximum atomic E-state index is 11.5. The molecule has 0 heterocycles. The Morgan fingerprint density at radius 3 is 2.69 bits per heavy atom. The summed E-state index contributed by atoms with van der Waals surface area (Å²) in [6, 6.07) is 7.93. The molecule has 1 aromatic rings. The van der Waals surface area contributed by atoms with Crippen molar-refractivity contribution in [1.82, 2.24) is 0 Å². The third kappa shape index (κ3) is 3.11. The highest BCUT2D eigenvalue weighted by molar-refractivity contribution is 5.88. The molecule has 0 fully saturated rings. The molecular weight excluding hydrogens is 200 g/mol. The lowest BCUT2D eigenvalue weighted by atomic mass is 10.0. The number of aryl methyl sites for hydroxylation is 1. The minimum Gasteiger partial charge on any atom is -0.462 e. The fourth-order valence-corrected chi connectivity index (χ4v) is 1.42. The first-order valence-electron chi connectivity index (χ1n) is 5.29. The lowest BCUT2D eigenvalue weighted by Crippen LogP contribution is -2.09. The molecule has 16 heavy (non-hydrogen) atoms. The first-order chi connectivity index (χ1) is 7.69. The first kappa shape index (κ1) is 12.3. The molecule has 0 aliphatic heterocycles. The normalized spacial score (nSPS) is 9.38. The SMILES string of the molecule is C=C=C(Cc1ccccc1C)C(=O)OCC. The number of hydrogen-bond donors (Lipinski definition) is 0. The summed E-state index contributed by atoms with van der Waals surface area (Å²) in [6.07, 6.45) is 0.523. The standard InChI is InChI=1S/C14H16O2/c1-4-12(14(15)16-5-2)10-13-9-7-6-8-11(13)3/h6-9H,1,5,10H2,2-3H3. The Kier molecular flexibility index (Phi) is 4.56. The van der Waals surface area contributed by atoms with Gasteiger partial charge < -0.3 is 4.74 Å². The van der Waals surface area contributed by atoms with Gasteiger partial charge in [-0.1, -0.05) is 30.8 Å². The maximum absolute atomic E-state index is 11.5. The van der Waals surface area contributed by atoms with Crippen LogP contribution in [0.1, 0.15) is 18.1 Å². The fourth-order valence-electron chi connectivity index (χ4n) is 1.42. The highest BCUT2D eigenvalue weighted by Crippen LogP contribution is 2.13. The molecule has 0 saturated carbocycles. The zero-order chi connectivity index (χ0) is 12.0. The summed E-state index contributed by atoms with van der Waals surface area (Å²) in [4.78, 5) is 11.5. The summed E-state index contributed by atoms with van der Waals surface area (Å²) in [5.74, 6) is -0.333. The summed E-state index contributed by atoms with van der Waals surface area (Å²) < 4.78 is 4.93. The third-order valence-corrected chi connectivity index (χ3v) is 2.36. The Labute approximate surface area is 96.2 Å². The van der Waals surface area contributed by atoms with E-state index in [2.05, 4.69) is 12.3 Å². The van der Waals surface area contributed by atoms with Gasteiger partial charge in [0.05, 0.1) is 12.2 Å². The van der Waals surface area contributed by atoms with Crippen LogP contribution in [-0.4, -0.2) is 12.6 Å². The van der Waals surface area contributed by atoms with Gasteiger partial charge in [-0.15, -0.1) is 5.73 Å². The topological polar surface area (TPSA) is 26.3 Å². The molecule has 0 N–H and O–H groups in total. The van der Waals surface area contributed by atoms with Gasteiger partial charge in [-0.05, 0) is 25.0 Å². The molecule has 0 amide bonds. The van der Waals surface area contributed by atoms with Crippen molar-refractivity contribution in [3.8, 4) is 0 Å². The average molecular weight is 216 g/mol. The molecule has 0 aliphatic carbocycles. The van der Waals surface area contributed by atoms with Crippen molar-refractivity contribution in [1.29, 1.82) is 0 Å². The van der Waals surface area contributed by atoms with Crippen LogP contribution in [0.2, 0.25) is 0 Å². The summed E-state index contributed by atoms with van der Waals surface area (Å²) >= 11 is 0. The van der Waals surface area contributed by atoms with Gasteiger partial charge in [-0.2, -0.15) is 0 Å². The van der Waals surface area contributed by atoms with Gasteiger partial charge in [-0.3, -0.25) is 0 Å². The van der Waals surface area contributed by atoms with E-state index in [1.807, 2.05) is 31.2 Å². The van der Waals surface area contributed by atoms with Gasteiger partial charge in [-0.25, -0.2) is 4.79 Å². The molecule has 2 nitrogen and oxygen atoms in total. The molecule has 2 heteroatoms. The minimum absolute atomic E-state index is 0.333. The van der Waals surface area contributed by atoms with Crippen molar-refractivity contribution < 1.29 is 9.53 Å². The summed E-state index contributed by atoms with van der Waals surface area (Å²) in [5, 5.41) is 0. The molecule has 0 saturated heterocycles. The quantitative estimate of drug-likeness (QED) is 0.439. The van der Waals surface area contributed by atoms with E-state index < -0.39 is 0 Å². The average Bonchev–Trinajstić information content (AvgIpc) is 2.28. The lowest BCUT2D eigenvalue weighted by molar-refractivity contribution is -0.138. The van der Waals surface area contributed by atoms with Crippen molar-refractivity contribution in [3.63, 3.8) is 0 Å². The Hall–Kier alpha value is -1.79. The fraction of sp³-hybridized carbons (Fsp3) is 0.286. The second-order valence-electron chi connectivity index (χ2n) is 3.48. The smallest absolute Gasteiger partial charge is 0.342 e. The van der Waals surface area contributed by atoms with Gasteiger partial charge in [0.1, 0.15) is 0 Å². The molecule has 0 spiro atoms. The Balaban J connectivity index is 2.84. The molecule has 0 aromatic heterocycles. The van der Waals surface area contributed by atoms with E-state index in [0.29, 0.717) is 18.6 Å². The van der Waals surface area contributed by atoms with E-state index in [4.69, 9.17) is 4.74 Å². The zero-order valence-corrected chi connectivity index (χ0v) is 9.75. The van der Waals surface area contributed by atoms with Crippen LogP contribution in [0.5, 0.6) is 0 Å². The van der Waals surface area contributed by atoms with Crippen LogP contribution in [-0.2, 0) is 16.0 Å². The molecule has 0 unspecified atom stereocenters. The Morgan fingerprint density at radius 1 is 1.44 bits per heavy atom. The molecule has 84 valence electrons. The number of rotatable bonds is 4. The largest absolute Gasteiger partial charge is 0.462 e.